The van der Waals surface area contributed by atoms with Crippen molar-refractivity contribution in [3.8, 4) is 0 Å². The number of aromatic nitrogens is 4. The van der Waals surface area contributed by atoms with Gasteiger partial charge in [-0.15, -0.1) is 0 Å². The van der Waals surface area contributed by atoms with Crippen LogP contribution >= 0.6 is 0 Å². The fourth-order valence-electron chi connectivity index (χ4n) is 3.44. The molecular weight excluding hydrogens is 321 g/mol. The molecule has 0 aromatic carbocycles. The molecule has 0 atom stereocenters. The zero-order valence-electron chi connectivity index (χ0n) is 14.1. The molecule has 1 N–H and O–H groups in total. The number of nitrogens with zero attached hydrogens (tertiary/aromatic N) is 4. The molecule has 0 saturated heterocycles. The van der Waals surface area contributed by atoms with Crippen LogP contribution in [0.15, 0.2) is 24.4 Å². The van der Waals surface area contributed by atoms with Crippen molar-refractivity contribution in [1.82, 2.24) is 24.5 Å². The Labute approximate surface area is 144 Å². The van der Waals surface area contributed by atoms with Gasteiger partial charge in [0.15, 0.2) is 5.69 Å². The largest absolute Gasteiger partial charge is 0.334 e. The summed E-state index contributed by atoms with van der Waals surface area (Å²) >= 11 is 0. The molecule has 7 heteroatoms. The first-order valence-electron chi connectivity index (χ1n) is 8.58. The van der Waals surface area contributed by atoms with Gasteiger partial charge in [-0.3, -0.25) is 14.3 Å². The Morgan fingerprint density at radius 3 is 3.00 bits per heavy atom. The minimum atomic E-state index is -0.631. The number of amides is 1. The van der Waals surface area contributed by atoms with Gasteiger partial charge in [-0.1, -0.05) is 12.5 Å². The van der Waals surface area contributed by atoms with Crippen LogP contribution in [0.25, 0.3) is 5.65 Å². The van der Waals surface area contributed by atoms with Crippen LogP contribution in [0.4, 0.5) is 4.39 Å². The molecule has 0 aliphatic heterocycles. The van der Waals surface area contributed by atoms with Crippen LogP contribution in [0.2, 0.25) is 0 Å². The summed E-state index contributed by atoms with van der Waals surface area (Å²) in [5.41, 5.74) is 3.53. The van der Waals surface area contributed by atoms with Crippen LogP contribution in [0, 0.1) is 5.95 Å². The molecule has 0 fully saturated rings. The number of imidazole rings is 1. The van der Waals surface area contributed by atoms with Crippen molar-refractivity contribution in [2.75, 3.05) is 7.05 Å². The van der Waals surface area contributed by atoms with Gasteiger partial charge in [0, 0.05) is 18.9 Å². The minimum Gasteiger partial charge on any atom is -0.334 e. The van der Waals surface area contributed by atoms with Crippen molar-refractivity contribution in [2.45, 2.75) is 38.6 Å². The third-order valence-electron chi connectivity index (χ3n) is 4.80. The van der Waals surface area contributed by atoms with Crippen LogP contribution in [-0.2, 0) is 19.4 Å². The van der Waals surface area contributed by atoms with E-state index in [1.54, 1.807) is 31.4 Å². The second-order valence-electron chi connectivity index (χ2n) is 6.53. The highest BCUT2D eigenvalue weighted by molar-refractivity contribution is 5.93. The summed E-state index contributed by atoms with van der Waals surface area (Å²) in [7, 11) is 1.66. The zero-order valence-corrected chi connectivity index (χ0v) is 14.1. The van der Waals surface area contributed by atoms with E-state index in [2.05, 4.69) is 15.2 Å². The molecule has 1 aliphatic rings. The molecule has 3 aromatic heterocycles. The summed E-state index contributed by atoms with van der Waals surface area (Å²) in [5.74, 6) is -1.07. The first-order valence-corrected chi connectivity index (χ1v) is 8.58. The zero-order chi connectivity index (χ0) is 17.4. The summed E-state index contributed by atoms with van der Waals surface area (Å²) < 4.78 is 15.8. The first-order chi connectivity index (χ1) is 12.1. The molecule has 1 amide bonds. The van der Waals surface area contributed by atoms with E-state index in [4.69, 9.17) is 0 Å². The molecule has 0 unspecified atom stereocenters. The number of nitrogens with one attached hydrogen (secondary N) is 1. The van der Waals surface area contributed by atoms with Crippen molar-refractivity contribution >= 4 is 11.6 Å². The Kier molecular flexibility index (Phi) is 3.99. The van der Waals surface area contributed by atoms with Crippen molar-refractivity contribution < 1.29 is 9.18 Å². The Balaban J connectivity index is 1.58. The lowest BCUT2D eigenvalue weighted by atomic mass is 10.1. The number of aryl methyl sites for hydroxylation is 1. The normalized spacial score (nSPS) is 14.3. The highest BCUT2D eigenvalue weighted by Gasteiger charge is 2.24. The fourth-order valence-corrected chi connectivity index (χ4v) is 3.44. The summed E-state index contributed by atoms with van der Waals surface area (Å²) in [5, 5.41) is 7.48. The van der Waals surface area contributed by atoms with Crippen LogP contribution in [0.3, 0.4) is 0 Å². The van der Waals surface area contributed by atoms with Gasteiger partial charge in [0.2, 0.25) is 5.95 Å². The number of halogens is 1. The monoisotopic (exact) mass is 341 g/mol. The lowest BCUT2D eigenvalue weighted by Gasteiger charge is -2.15. The number of carbonyl (C=O) groups excluding carboxylic acids is 1. The Hall–Kier alpha value is -2.70. The summed E-state index contributed by atoms with van der Waals surface area (Å²) in [6.07, 6.45) is 7.05. The van der Waals surface area contributed by atoms with Crippen LogP contribution < -0.4 is 0 Å². The number of aromatic amines is 1. The average Bonchev–Trinajstić information content (AvgIpc) is 3.06. The second-order valence-corrected chi connectivity index (χ2v) is 6.53. The standard InChI is InChI=1S/C18H20FN5O/c1-23(11-14-12-7-3-2-4-8-13(12)21-22-14)18(25)16-17(19)24-10-6-5-9-15(24)20-16/h5-6,9-10H,2-4,7-8,11H2,1H3,(H,21,22). The third-order valence-corrected chi connectivity index (χ3v) is 4.80. The van der Waals surface area contributed by atoms with Crippen molar-refractivity contribution in [3.05, 3.63) is 53.0 Å². The van der Waals surface area contributed by atoms with Gasteiger partial charge in [0.25, 0.3) is 5.91 Å². The van der Waals surface area contributed by atoms with Gasteiger partial charge in [-0.05, 0) is 43.4 Å². The van der Waals surface area contributed by atoms with Gasteiger partial charge >= 0.3 is 0 Å². The summed E-state index contributed by atoms with van der Waals surface area (Å²) in [4.78, 5) is 18.3. The number of rotatable bonds is 3. The maximum Gasteiger partial charge on any atom is 0.277 e. The predicted molar refractivity (Wildman–Crippen MR) is 90.8 cm³/mol. The number of hydrogen-bond acceptors (Lipinski definition) is 3. The van der Waals surface area contributed by atoms with Gasteiger partial charge in [0.1, 0.15) is 5.65 Å². The molecule has 0 radical (unpaired) electrons. The van der Waals surface area contributed by atoms with Crippen LogP contribution in [0.1, 0.15) is 46.7 Å². The lowest BCUT2D eigenvalue weighted by Crippen LogP contribution is -2.28. The Morgan fingerprint density at radius 2 is 2.16 bits per heavy atom. The molecule has 0 saturated carbocycles. The topological polar surface area (TPSA) is 66.3 Å². The predicted octanol–water partition coefficient (Wildman–Crippen LogP) is 2.74. The van der Waals surface area contributed by atoms with Gasteiger partial charge in [-0.2, -0.15) is 9.49 Å². The molecule has 4 rings (SSSR count). The van der Waals surface area contributed by atoms with Crippen LogP contribution in [0.5, 0.6) is 0 Å². The second kappa shape index (κ2) is 6.31. The number of carbonyl (C=O) groups is 1. The van der Waals surface area contributed by atoms with E-state index in [9.17, 15) is 9.18 Å². The smallest absolute Gasteiger partial charge is 0.277 e. The van der Waals surface area contributed by atoms with E-state index in [0.29, 0.717) is 12.2 Å². The van der Waals surface area contributed by atoms with Crippen molar-refractivity contribution in [1.29, 1.82) is 0 Å². The molecule has 3 aromatic rings. The fraction of sp³-hybridized carbons (Fsp3) is 0.389. The van der Waals surface area contributed by atoms with Gasteiger partial charge in [0.05, 0.1) is 12.2 Å². The van der Waals surface area contributed by atoms with Gasteiger partial charge < -0.3 is 4.90 Å². The number of pyridine rings is 1. The summed E-state index contributed by atoms with van der Waals surface area (Å²) in [6.45, 7) is 0.345. The average molecular weight is 341 g/mol. The SMILES string of the molecule is CN(Cc1n[nH]c2c1CCCCC2)C(=O)c1nc2ccccn2c1F. The maximum absolute atomic E-state index is 14.5. The van der Waals surface area contributed by atoms with E-state index < -0.39 is 11.9 Å². The van der Waals surface area contributed by atoms with Crippen molar-refractivity contribution in [2.24, 2.45) is 0 Å². The maximum atomic E-state index is 14.5. The van der Waals surface area contributed by atoms with E-state index in [1.165, 1.54) is 27.0 Å². The van der Waals surface area contributed by atoms with Gasteiger partial charge in [-0.25, -0.2) is 4.98 Å². The van der Waals surface area contributed by atoms with E-state index in [-0.39, 0.29) is 5.69 Å². The summed E-state index contributed by atoms with van der Waals surface area (Å²) in [6, 6.07) is 5.14. The molecule has 0 bridgehead atoms. The number of hydrogen-bond donors (Lipinski definition) is 1. The third kappa shape index (κ3) is 2.79. The molecular formula is C18H20FN5O. The van der Waals surface area contributed by atoms with E-state index >= 15 is 0 Å². The Morgan fingerprint density at radius 1 is 1.32 bits per heavy atom. The van der Waals surface area contributed by atoms with E-state index in [1.807, 2.05) is 0 Å². The highest BCUT2D eigenvalue weighted by Crippen LogP contribution is 2.23. The highest BCUT2D eigenvalue weighted by atomic mass is 19.1. The number of H-pyrrole nitrogens is 1. The molecule has 6 nitrogen and oxygen atoms in total. The molecule has 130 valence electrons. The van der Waals surface area contributed by atoms with E-state index in [0.717, 1.165) is 31.4 Å². The minimum absolute atomic E-state index is 0.157. The molecule has 0 spiro atoms. The first kappa shape index (κ1) is 15.8. The lowest BCUT2D eigenvalue weighted by molar-refractivity contribution is 0.0772. The molecule has 3 heterocycles. The molecule has 25 heavy (non-hydrogen) atoms. The Bertz CT molecular complexity index is 929. The number of fused-ring (bicyclic) bond motifs is 2. The molecule has 1 aliphatic carbocycles. The van der Waals surface area contributed by atoms with Crippen LogP contribution in [-0.4, -0.2) is 37.4 Å². The quantitative estimate of drug-likeness (QED) is 0.745. The van der Waals surface area contributed by atoms with Crippen molar-refractivity contribution in [3.63, 3.8) is 0 Å².